The number of piperidine rings is 1. The number of hydrogen-bond donors (Lipinski definition) is 1. The molecule has 1 aliphatic heterocycles. The van der Waals surface area contributed by atoms with E-state index in [4.69, 9.17) is 4.74 Å². The minimum absolute atomic E-state index is 0.153. The summed E-state index contributed by atoms with van der Waals surface area (Å²) in [6.45, 7) is 1.13. The third-order valence-corrected chi connectivity index (χ3v) is 4.36. The number of pyridine rings is 2. The second-order valence-electron chi connectivity index (χ2n) is 6.22. The molecular formula is C18H19F3N4O2. The zero-order valence-electron chi connectivity index (χ0n) is 14.7. The van der Waals surface area contributed by atoms with Crippen LogP contribution in [0.15, 0.2) is 36.7 Å². The Hall–Kier alpha value is -2.84. The van der Waals surface area contributed by atoms with Gasteiger partial charge >= 0.3 is 6.18 Å². The van der Waals surface area contributed by atoms with Gasteiger partial charge in [-0.15, -0.1) is 0 Å². The normalized spacial score (nSPS) is 17.5. The van der Waals surface area contributed by atoms with E-state index >= 15 is 0 Å². The Morgan fingerprint density at radius 2 is 2.11 bits per heavy atom. The molecule has 0 radical (unpaired) electrons. The van der Waals surface area contributed by atoms with Crippen molar-refractivity contribution in [1.29, 1.82) is 0 Å². The minimum atomic E-state index is -4.41. The van der Waals surface area contributed by atoms with Crippen LogP contribution < -0.4 is 15.0 Å². The monoisotopic (exact) mass is 380 g/mol. The number of rotatable bonds is 4. The first kappa shape index (κ1) is 18.9. The van der Waals surface area contributed by atoms with Crippen molar-refractivity contribution in [2.45, 2.75) is 25.1 Å². The Balaban J connectivity index is 1.66. The van der Waals surface area contributed by atoms with Crippen molar-refractivity contribution >= 4 is 11.7 Å². The summed E-state index contributed by atoms with van der Waals surface area (Å²) in [4.78, 5) is 22.3. The van der Waals surface area contributed by atoms with Crippen LogP contribution in [-0.2, 0) is 6.18 Å². The van der Waals surface area contributed by atoms with Crippen molar-refractivity contribution in [1.82, 2.24) is 15.3 Å². The average molecular weight is 380 g/mol. The van der Waals surface area contributed by atoms with Crippen LogP contribution in [0, 0.1) is 0 Å². The highest BCUT2D eigenvalue weighted by atomic mass is 19.4. The molecule has 144 valence electrons. The highest BCUT2D eigenvalue weighted by molar-refractivity contribution is 5.96. The van der Waals surface area contributed by atoms with Crippen LogP contribution in [0.5, 0.6) is 5.88 Å². The molecule has 1 fully saturated rings. The predicted octanol–water partition coefficient (Wildman–Crippen LogP) is 2.90. The summed E-state index contributed by atoms with van der Waals surface area (Å²) >= 11 is 0. The van der Waals surface area contributed by atoms with Gasteiger partial charge in [0.1, 0.15) is 11.4 Å². The lowest BCUT2D eigenvalue weighted by molar-refractivity contribution is -0.137. The number of amides is 1. The molecule has 0 spiro atoms. The van der Waals surface area contributed by atoms with Gasteiger partial charge in [-0.05, 0) is 37.1 Å². The smallest absolute Gasteiger partial charge is 0.417 e. The molecule has 2 aromatic heterocycles. The van der Waals surface area contributed by atoms with E-state index in [1.165, 1.54) is 19.4 Å². The van der Waals surface area contributed by atoms with Gasteiger partial charge in [-0.2, -0.15) is 13.2 Å². The fraction of sp³-hybridized carbons (Fsp3) is 0.389. The van der Waals surface area contributed by atoms with Crippen molar-refractivity contribution in [3.05, 3.63) is 47.8 Å². The Bertz CT molecular complexity index is 796. The molecule has 0 aromatic carbocycles. The van der Waals surface area contributed by atoms with Gasteiger partial charge in [-0.25, -0.2) is 9.97 Å². The highest BCUT2D eigenvalue weighted by Gasteiger charge is 2.31. The number of methoxy groups -OCH3 is 1. The van der Waals surface area contributed by atoms with Crippen LogP contribution in [0.1, 0.15) is 28.8 Å². The van der Waals surface area contributed by atoms with Crippen LogP contribution in [0.25, 0.3) is 0 Å². The fourth-order valence-corrected chi connectivity index (χ4v) is 3.03. The van der Waals surface area contributed by atoms with E-state index in [9.17, 15) is 18.0 Å². The maximum atomic E-state index is 12.7. The van der Waals surface area contributed by atoms with E-state index in [1.54, 1.807) is 12.1 Å². The standard InChI is InChI=1S/C18H19F3N4O2/c1-27-17-14(5-2-8-22-17)16(26)24-13-4-3-9-25(11-13)15-7-6-12(10-23-15)18(19,20)21/h2,5-8,10,13H,3-4,9,11H2,1H3,(H,24,26). The summed E-state index contributed by atoms with van der Waals surface area (Å²) in [7, 11) is 1.44. The minimum Gasteiger partial charge on any atom is -0.480 e. The number of anilines is 1. The Morgan fingerprint density at radius 3 is 2.78 bits per heavy atom. The van der Waals surface area contributed by atoms with Crippen LogP contribution in [0.3, 0.4) is 0 Å². The van der Waals surface area contributed by atoms with Crippen molar-refractivity contribution in [2.75, 3.05) is 25.1 Å². The molecule has 27 heavy (non-hydrogen) atoms. The molecule has 3 heterocycles. The quantitative estimate of drug-likeness (QED) is 0.884. The SMILES string of the molecule is COc1ncccc1C(=O)NC1CCCN(c2ccc(C(F)(F)F)cn2)C1. The van der Waals surface area contributed by atoms with Gasteiger partial charge in [0.25, 0.3) is 5.91 Å². The summed E-state index contributed by atoms with van der Waals surface area (Å²) in [5.74, 6) is 0.403. The van der Waals surface area contributed by atoms with E-state index in [1.807, 2.05) is 4.90 Å². The Labute approximate surface area is 154 Å². The number of nitrogens with one attached hydrogen (secondary N) is 1. The molecule has 1 amide bonds. The van der Waals surface area contributed by atoms with Crippen molar-refractivity contribution < 1.29 is 22.7 Å². The van der Waals surface area contributed by atoms with Gasteiger partial charge in [0, 0.05) is 31.5 Å². The topological polar surface area (TPSA) is 67.3 Å². The van der Waals surface area contributed by atoms with Gasteiger partial charge in [-0.3, -0.25) is 4.79 Å². The van der Waals surface area contributed by atoms with Crippen molar-refractivity contribution in [3.8, 4) is 5.88 Å². The number of aromatic nitrogens is 2. The maximum absolute atomic E-state index is 12.7. The first-order valence-corrected chi connectivity index (χ1v) is 8.46. The number of hydrogen-bond acceptors (Lipinski definition) is 5. The lowest BCUT2D eigenvalue weighted by Crippen LogP contribution is -2.48. The molecule has 1 N–H and O–H groups in total. The van der Waals surface area contributed by atoms with E-state index < -0.39 is 11.7 Å². The molecule has 0 aliphatic carbocycles. The largest absolute Gasteiger partial charge is 0.480 e. The summed E-state index contributed by atoms with van der Waals surface area (Å²) in [5, 5.41) is 2.94. The van der Waals surface area contributed by atoms with Crippen LogP contribution in [0.2, 0.25) is 0 Å². The van der Waals surface area contributed by atoms with E-state index in [0.29, 0.717) is 24.5 Å². The lowest BCUT2D eigenvalue weighted by atomic mass is 10.0. The molecule has 1 aliphatic rings. The zero-order chi connectivity index (χ0) is 19.4. The summed E-state index contributed by atoms with van der Waals surface area (Å²) < 4.78 is 43.1. The molecule has 1 saturated heterocycles. The molecule has 2 aromatic rings. The van der Waals surface area contributed by atoms with E-state index in [-0.39, 0.29) is 17.8 Å². The first-order valence-electron chi connectivity index (χ1n) is 8.46. The lowest BCUT2D eigenvalue weighted by Gasteiger charge is -2.34. The Kier molecular flexibility index (Phi) is 5.48. The van der Waals surface area contributed by atoms with Gasteiger partial charge in [-0.1, -0.05) is 0 Å². The van der Waals surface area contributed by atoms with Gasteiger partial charge < -0.3 is 15.0 Å². The number of carbonyl (C=O) groups is 1. The molecule has 3 rings (SSSR count). The predicted molar refractivity (Wildman–Crippen MR) is 92.7 cm³/mol. The average Bonchev–Trinajstić information content (AvgIpc) is 2.67. The van der Waals surface area contributed by atoms with Crippen molar-refractivity contribution in [2.24, 2.45) is 0 Å². The summed E-state index contributed by atoms with van der Waals surface area (Å²) in [5.41, 5.74) is -0.443. The summed E-state index contributed by atoms with van der Waals surface area (Å²) in [6.07, 6.45) is -0.484. The van der Waals surface area contributed by atoms with Crippen LogP contribution >= 0.6 is 0 Å². The summed E-state index contributed by atoms with van der Waals surface area (Å²) in [6, 6.07) is 5.50. The molecular weight excluding hydrogens is 361 g/mol. The molecule has 0 saturated carbocycles. The first-order chi connectivity index (χ1) is 12.9. The maximum Gasteiger partial charge on any atom is 0.417 e. The Morgan fingerprint density at radius 1 is 1.30 bits per heavy atom. The van der Waals surface area contributed by atoms with Crippen LogP contribution in [-0.4, -0.2) is 42.1 Å². The third kappa shape index (κ3) is 4.47. The van der Waals surface area contributed by atoms with Crippen molar-refractivity contribution in [3.63, 3.8) is 0 Å². The number of halogens is 3. The number of carbonyl (C=O) groups excluding carboxylic acids is 1. The molecule has 0 bridgehead atoms. The molecule has 9 heteroatoms. The number of ether oxygens (including phenoxy) is 1. The fourth-order valence-electron chi connectivity index (χ4n) is 3.03. The van der Waals surface area contributed by atoms with E-state index in [2.05, 4.69) is 15.3 Å². The molecule has 6 nitrogen and oxygen atoms in total. The second kappa shape index (κ2) is 7.81. The molecule has 1 atom stereocenters. The zero-order valence-corrected chi connectivity index (χ0v) is 14.7. The number of nitrogens with zero attached hydrogens (tertiary/aromatic N) is 3. The highest BCUT2D eigenvalue weighted by Crippen LogP contribution is 2.29. The van der Waals surface area contributed by atoms with Gasteiger partial charge in [0.15, 0.2) is 0 Å². The van der Waals surface area contributed by atoms with E-state index in [0.717, 1.165) is 25.1 Å². The van der Waals surface area contributed by atoms with Gasteiger partial charge in [0.2, 0.25) is 5.88 Å². The molecule has 1 unspecified atom stereocenters. The van der Waals surface area contributed by atoms with Gasteiger partial charge in [0.05, 0.1) is 12.7 Å². The third-order valence-electron chi connectivity index (χ3n) is 4.36. The number of alkyl halides is 3. The second-order valence-corrected chi connectivity index (χ2v) is 6.22. The van der Waals surface area contributed by atoms with Crippen LogP contribution in [0.4, 0.5) is 19.0 Å².